The van der Waals surface area contributed by atoms with Gasteiger partial charge >= 0.3 is 5.97 Å². The van der Waals surface area contributed by atoms with Crippen LogP contribution in [-0.2, 0) is 102 Å². The van der Waals surface area contributed by atoms with E-state index in [1.807, 2.05) is 32.3 Å². The molecule has 0 radical (unpaired) electrons. The molecular weight excluding hydrogens is 1380 g/mol. The van der Waals surface area contributed by atoms with Gasteiger partial charge in [0.2, 0.25) is 11.0 Å². The number of carbonyl (C=O) groups is 2. The molecule has 1 amide bonds. The highest BCUT2D eigenvalue weighted by Gasteiger charge is 2.31. The second kappa shape index (κ2) is 56.3. The molecule has 0 saturated heterocycles. The molecule has 0 atom stereocenters. The van der Waals surface area contributed by atoms with Crippen molar-refractivity contribution in [2.75, 3.05) is 232 Å². The smallest absolute Gasteiger partial charge is 0.345 e. The molecule has 0 bridgehead atoms. The van der Waals surface area contributed by atoms with Gasteiger partial charge in [-0.1, -0.05) is 27.7 Å². The third-order valence-electron chi connectivity index (χ3n) is 15.4. The minimum Gasteiger partial charge on any atom is -0.486 e. The van der Waals surface area contributed by atoms with Crippen molar-refractivity contribution < 1.29 is 127 Å². The number of ether oxygens (including phenoxy) is 21. The fourth-order valence-corrected chi connectivity index (χ4v) is 10.8. The molecular formula is C74H122N3O26S+. The number of hydrogen-bond donors (Lipinski definition) is 3. The fraction of sp³-hybridized carbons (Fsp3) is 0.716. The lowest BCUT2D eigenvalue weighted by Gasteiger charge is -2.26. The van der Waals surface area contributed by atoms with E-state index in [-0.39, 0.29) is 128 Å². The number of nitrogens with two attached hydrogens (primary N) is 1. The van der Waals surface area contributed by atoms with Gasteiger partial charge in [0.05, 0.1) is 181 Å². The third-order valence-corrected chi connectivity index (χ3v) is 16.2. The topological polar surface area (TPSA) is 324 Å². The van der Waals surface area contributed by atoms with Crippen LogP contribution in [0.25, 0.3) is 21.8 Å². The van der Waals surface area contributed by atoms with Crippen LogP contribution in [0.4, 0.5) is 0 Å². The highest BCUT2D eigenvalue weighted by molar-refractivity contribution is 7.85. The summed E-state index contributed by atoms with van der Waals surface area (Å²) >= 11 is 0. The summed E-state index contributed by atoms with van der Waals surface area (Å²) in [5.74, 6) is -0.989. The van der Waals surface area contributed by atoms with Gasteiger partial charge in [0.15, 0.2) is 6.54 Å². The van der Waals surface area contributed by atoms with E-state index in [1.165, 1.54) is 0 Å². The van der Waals surface area contributed by atoms with E-state index in [0.717, 1.165) is 25.7 Å². The van der Waals surface area contributed by atoms with Crippen LogP contribution < -0.4 is 29.8 Å². The molecule has 4 rings (SSSR count). The molecule has 0 spiro atoms. The number of amides is 1. The zero-order valence-electron chi connectivity index (χ0n) is 63.3. The maximum absolute atomic E-state index is 15.9. The highest BCUT2D eigenvalue weighted by Crippen LogP contribution is 2.34. The maximum atomic E-state index is 15.9. The van der Waals surface area contributed by atoms with Crippen LogP contribution in [0.3, 0.4) is 0 Å². The van der Waals surface area contributed by atoms with Crippen molar-refractivity contribution in [3.05, 3.63) is 70.8 Å². The summed E-state index contributed by atoms with van der Waals surface area (Å²) in [6.07, 6.45) is -0.563. The number of benzene rings is 3. The number of nitrogens with zero attached hydrogens (tertiary/aromatic N) is 1. The van der Waals surface area contributed by atoms with Crippen molar-refractivity contribution in [3.63, 3.8) is 0 Å². The Bertz CT molecular complexity index is 2920. The molecule has 4 N–H and O–H groups in total. The summed E-state index contributed by atoms with van der Waals surface area (Å²) in [6.45, 7) is 19.9. The summed E-state index contributed by atoms with van der Waals surface area (Å²) in [5, 5.41) is 3.52. The van der Waals surface area contributed by atoms with Gasteiger partial charge in [-0.2, -0.15) is 13.0 Å². The average Bonchev–Trinajstić information content (AvgIpc) is 0.739. The lowest BCUT2D eigenvalue weighted by atomic mass is 10.0. The Hall–Kier alpha value is -4.98. The number of aromatic nitrogens is 1. The van der Waals surface area contributed by atoms with E-state index in [2.05, 4.69) is 5.32 Å². The van der Waals surface area contributed by atoms with Crippen LogP contribution in [0.5, 0.6) is 17.2 Å². The van der Waals surface area contributed by atoms with Crippen LogP contribution in [0.1, 0.15) is 91.6 Å². The number of rotatable bonds is 67. The maximum Gasteiger partial charge on any atom is 0.345 e. The van der Waals surface area contributed by atoms with E-state index in [9.17, 15) is 17.8 Å². The Morgan fingerprint density at radius 2 is 0.817 bits per heavy atom. The van der Waals surface area contributed by atoms with Crippen molar-refractivity contribution >= 4 is 43.8 Å². The number of pyridine rings is 1. The molecule has 0 unspecified atom stereocenters. The Labute approximate surface area is 616 Å². The molecule has 104 heavy (non-hydrogen) atoms. The standard InChI is InChI=1S/C74H121N3O26S/c1-11-23-89-44-61(45-90-24-12-2)97-52-65(53-98-62(46-91-25-13-3)47-92-26-14-4)101-59-16-18-69-67(42-59)71(74(79)103-72-56(5)40-58(41-57(72)6)73(78)76-21-28-88-38-37-87-27-20-75)68-43-60(17-19-70(68)77(69)22-15-39-104(80,81)82)102-66(54-99-63(48-93-33-29-83-7)49-94-34-30-84-8)55-100-64(50-95-35-31-85-9)51-96-36-32-86-10/h16-19,40-43,61-66H,11-15,20-39,44-55,75H2,1-10H3,(H-,76,78,80,81,82)/p+1. The molecule has 1 heterocycles. The Balaban J connectivity index is 2.02. The molecule has 0 aliphatic rings. The first-order valence-electron chi connectivity index (χ1n) is 36.3. The van der Waals surface area contributed by atoms with Crippen LogP contribution >= 0.6 is 0 Å². The van der Waals surface area contributed by atoms with Gasteiger partial charge in [-0.05, 0) is 87.1 Å². The minimum absolute atomic E-state index is 0.0137. The molecule has 594 valence electrons. The number of nitrogens with one attached hydrogen (secondary N) is 1. The zero-order valence-corrected chi connectivity index (χ0v) is 64.1. The van der Waals surface area contributed by atoms with Crippen molar-refractivity contribution in [1.29, 1.82) is 0 Å². The summed E-state index contributed by atoms with van der Waals surface area (Å²) < 4.78 is 163. The second-order valence-corrected chi connectivity index (χ2v) is 26.1. The van der Waals surface area contributed by atoms with Crippen LogP contribution in [0.15, 0.2) is 48.5 Å². The first-order chi connectivity index (χ1) is 50.6. The van der Waals surface area contributed by atoms with Crippen molar-refractivity contribution in [3.8, 4) is 17.2 Å². The number of hydrogen-bond acceptors (Lipinski definition) is 26. The van der Waals surface area contributed by atoms with Gasteiger partial charge in [-0.3, -0.25) is 9.35 Å². The van der Waals surface area contributed by atoms with Crippen molar-refractivity contribution in [1.82, 2.24) is 5.32 Å². The average molecular weight is 1500 g/mol. The molecule has 3 aromatic carbocycles. The molecule has 1 aromatic heterocycles. The van der Waals surface area contributed by atoms with E-state index >= 15 is 4.79 Å². The van der Waals surface area contributed by atoms with Gasteiger partial charge in [-0.15, -0.1) is 0 Å². The number of fused-ring (bicyclic) bond motifs is 2. The van der Waals surface area contributed by atoms with Gasteiger partial charge in [-0.25, -0.2) is 4.79 Å². The molecule has 0 aliphatic heterocycles. The number of methoxy groups -OCH3 is 4. The first-order valence-corrected chi connectivity index (χ1v) is 37.9. The predicted molar refractivity (Wildman–Crippen MR) is 390 cm³/mol. The Morgan fingerprint density at radius 1 is 0.462 bits per heavy atom. The quantitative estimate of drug-likeness (QED) is 0.0106. The zero-order chi connectivity index (χ0) is 75.4. The largest absolute Gasteiger partial charge is 0.486 e. The van der Waals surface area contributed by atoms with Crippen LogP contribution in [-0.4, -0.2) is 294 Å². The Kier molecular flexibility index (Phi) is 49.5. The molecule has 29 nitrogen and oxygen atoms in total. The highest BCUT2D eigenvalue weighted by atomic mass is 32.2. The monoisotopic (exact) mass is 1500 g/mol. The van der Waals surface area contributed by atoms with E-state index in [4.69, 9.17) is 105 Å². The number of carbonyl (C=O) groups excluding carboxylic acids is 2. The molecule has 30 heteroatoms. The van der Waals surface area contributed by atoms with Gasteiger partial charge in [0.25, 0.3) is 16.0 Å². The third kappa shape index (κ3) is 37.7. The predicted octanol–water partition coefficient (Wildman–Crippen LogP) is 6.51. The minimum atomic E-state index is -4.43. The fourth-order valence-electron chi connectivity index (χ4n) is 10.4. The normalized spacial score (nSPS) is 12.1. The van der Waals surface area contributed by atoms with E-state index in [1.54, 1.807) is 90.8 Å². The van der Waals surface area contributed by atoms with Crippen molar-refractivity contribution in [2.24, 2.45) is 5.73 Å². The molecule has 0 saturated carbocycles. The van der Waals surface area contributed by atoms with Crippen LogP contribution in [0.2, 0.25) is 0 Å². The lowest BCUT2D eigenvalue weighted by molar-refractivity contribution is -0.645. The van der Waals surface area contributed by atoms with Crippen molar-refractivity contribution in [2.45, 2.75) is 117 Å². The van der Waals surface area contributed by atoms with E-state index in [0.29, 0.717) is 150 Å². The molecule has 0 fully saturated rings. The SMILES string of the molecule is CCCOCC(COCCC)OCC(COC(COCCC)COCCC)Oc1ccc2c(c1)c(C(=O)Oc1c(C)cc(C(=O)NCCOCCOCCN)cc1C)c1cc(OC(COC(COCCOC)COCCOC)COC(COCCOC)COCCOC)ccc1[n+]2CCCS(=O)(=O)O. The first kappa shape index (κ1) is 91.4. The van der Waals surface area contributed by atoms with E-state index < -0.39 is 58.5 Å². The van der Waals surface area contributed by atoms with Crippen LogP contribution in [0, 0.1) is 13.8 Å². The Morgan fingerprint density at radius 3 is 1.16 bits per heavy atom. The summed E-state index contributed by atoms with van der Waals surface area (Å²) in [6, 6.07) is 13.7. The summed E-state index contributed by atoms with van der Waals surface area (Å²) in [5.41, 5.74) is 7.80. The number of esters is 1. The summed E-state index contributed by atoms with van der Waals surface area (Å²) in [7, 11) is 1.91. The van der Waals surface area contributed by atoms with Gasteiger partial charge in [0, 0.05) is 92.1 Å². The lowest BCUT2D eigenvalue weighted by Crippen LogP contribution is -2.38. The van der Waals surface area contributed by atoms with Gasteiger partial charge in [0.1, 0.15) is 53.9 Å². The molecule has 4 aromatic rings. The van der Waals surface area contributed by atoms with Gasteiger partial charge < -0.3 is 111 Å². The second-order valence-electron chi connectivity index (χ2n) is 24.5. The molecule has 0 aliphatic carbocycles. The summed E-state index contributed by atoms with van der Waals surface area (Å²) in [4.78, 5) is 29.5. The number of aryl methyl sites for hydroxylation is 3.